The van der Waals surface area contributed by atoms with Gasteiger partial charge in [0.05, 0.1) is 17.2 Å². The van der Waals surface area contributed by atoms with Gasteiger partial charge in [-0.3, -0.25) is 0 Å². The fourth-order valence-electron chi connectivity index (χ4n) is 1.35. The normalized spacial score (nSPS) is 11.2. The van der Waals surface area contributed by atoms with E-state index in [0.29, 0.717) is 27.8 Å². The van der Waals surface area contributed by atoms with Crippen LogP contribution in [0.3, 0.4) is 0 Å². The fraction of sp³-hybridized carbons (Fsp3) is 0.308. The number of hydrogen-bond acceptors (Lipinski definition) is 3. The molecular formula is C13H14Cl2O3. The number of carbonyl (C=O) groups excluding carboxylic acids is 1. The molecule has 0 unspecified atom stereocenters. The monoisotopic (exact) mass is 288 g/mol. The summed E-state index contributed by atoms with van der Waals surface area (Å²) in [4.78, 5) is 11.3. The molecule has 3 nitrogen and oxygen atoms in total. The van der Waals surface area contributed by atoms with Crippen LogP contribution in [-0.4, -0.2) is 19.7 Å². The zero-order chi connectivity index (χ0) is 13.5. The van der Waals surface area contributed by atoms with Crippen LogP contribution in [-0.2, 0) is 9.53 Å². The van der Waals surface area contributed by atoms with Crippen molar-refractivity contribution in [2.75, 3.05) is 13.7 Å². The minimum Gasteiger partial charge on any atom is -0.486 e. The van der Waals surface area contributed by atoms with Gasteiger partial charge in [-0.15, -0.1) is 0 Å². The molecule has 0 radical (unpaired) electrons. The second-order valence-electron chi connectivity index (χ2n) is 3.44. The standard InChI is InChI=1S/C13H14Cl2O3/c1-3-9(13(16)17-2)7-8-18-12-10(14)5-4-6-11(12)15/h4-7H,3,8H2,1-2H3. The molecule has 0 amide bonds. The van der Waals surface area contributed by atoms with Crippen LogP contribution in [0.1, 0.15) is 13.3 Å². The van der Waals surface area contributed by atoms with Gasteiger partial charge in [0.25, 0.3) is 0 Å². The Bertz CT molecular complexity index is 435. The lowest BCUT2D eigenvalue weighted by molar-refractivity contribution is -0.136. The number of ether oxygens (including phenoxy) is 2. The van der Waals surface area contributed by atoms with Gasteiger partial charge in [-0.1, -0.05) is 36.2 Å². The lowest BCUT2D eigenvalue weighted by atomic mass is 10.2. The Labute approximate surface area is 116 Å². The molecule has 0 aliphatic rings. The molecule has 0 bridgehead atoms. The lowest BCUT2D eigenvalue weighted by Gasteiger charge is -2.08. The van der Waals surface area contributed by atoms with Gasteiger partial charge in [0.15, 0.2) is 5.75 Å². The van der Waals surface area contributed by atoms with E-state index < -0.39 is 0 Å². The summed E-state index contributed by atoms with van der Waals surface area (Å²) in [6.45, 7) is 2.08. The summed E-state index contributed by atoms with van der Waals surface area (Å²) in [5, 5.41) is 0.874. The van der Waals surface area contributed by atoms with Crippen LogP contribution in [0.2, 0.25) is 10.0 Å². The van der Waals surface area contributed by atoms with Gasteiger partial charge in [0.2, 0.25) is 0 Å². The summed E-state index contributed by atoms with van der Waals surface area (Å²) in [5.74, 6) is 0.0590. The van der Waals surface area contributed by atoms with Crippen LogP contribution in [0, 0.1) is 0 Å². The molecule has 0 aliphatic carbocycles. The molecule has 0 spiro atoms. The zero-order valence-electron chi connectivity index (χ0n) is 10.2. The maximum atomic E-state index is 11.3. The van der Waals surface area contributed by atoms with Crippen molar-refractivity contribution in [1.82, 2.24) is 0 Å². The highest BCUT2D eigenvalue weighted by atomic mass is 35.5. The first-order chi connectivity index (χ1) is 8.60. The molecule has 98 valence electrons. The van der Waals surface area contributed by atoms with Crippen LogP contribution in [0.4, 0.5) is 0 Å². The van der Waals surface area contributed by atoms with E-state index >= 15 is 0 Å². The number of para-hydroxylation sites is 1. The maximum absolute atomic E-state index is 11.3. The highest BCUT2D eigenvalue weighted by Crippen LogP contribution is 2.32. The van der Waals surface area contributed by atoms with Crippen molar-refractivity contribution >= 4 is 29.2 Å². The molecule has 0 heterocycles. The largest absolute Gasteiger partial charge is 0.486 e. The number of benzene rings is 1. The Balaban J connectivity index is 2.71. The Morgan fingerprint density at radius 3 is 2.44 bits per heavy atom. The Morgan fingerprint density at radius 1 is 1.33 bits per heavy atom. The molecule has 0 fully saturated rings. The fourth-order valence-corrected chi connectivity index (χ4v) is 1.86. The quantitative estimate of drug-likeness (QED) is 0.609. The van der Waals surface area contributed by atoms with E-state index in [1.54, 1.807) is 24.3 Å². The van der Waals surface area contributed by atoms with E-state index in [1.807, 2.05) is 6.92 Å². The molecule has 5 heteroatoms. The molecule has 1 aromatic carbocycles. The SMILES string of the molecule is CCC(=CCOc1c(Cl)cccc1Cl)C(=O)OC. The number of halogens is 2. The second kappa shape index (κ2) is 7.29. The number of hydrogen-bond donors (Lipinski definition) is 0. The van der Waals surface area contributed by atoms with E-state index in [-0.39, 0.29) is 12.6 Å². The molecular weight excluding hydrogens is 275 g/mol. The predicted molar refractivity (Wildman–Crippen MR) is 72.3 cm³/mol. The first kappa shape index (κ1) is 14.9. The summed E-state index contributed by atoms with van der Waals surface area (Å²) in [7, 11) is 1.34. The molecule has 0 aliphatic heterocycles. The molecule has 0 N–H and O–H groups in total. The van der Waals surface area contributed by atoms with Crippen molar-refractivity contribution in [3.8, 4) is 5.75 Å². The topological polar surface area (TPSA) is 35.5 Å². The Morgan fingerprint density at radius 2 is 1.94 bits per heavy atom. The van der Waals surface area contributed by atoms with Crippen LogP contribution in [0.15, 0.2) is 29.8 Å². The van der Waals surface area contributed by atoms with E-state index in [0.717, 1.165) is 0 Å². The average molecular weight is 289 g/mol. The third kappa shape index (κ3) is 3.93. The highest BCUT2D eigenvalue weighted by Gasteiger charge is 2.08. The summed E-state index contributed by atoms with van der Waals surface area (Å²) in [6, 6.07) is 5.11. The van der Waals surface area contributed by atoms with Gasteiger partial charge in [-0.05, 0) is 24.6 Å². The van der Waals surface area contributed by atoms with E-state index in [9.17, 15) is 4.79 Å². The summed E-state index contributed by atoms with van der Waals surface area (Å²) >= 11 is 11.9. The molecule has 0 saturated heterocycles. The van der Waals surface area contributed by atoms with Gasteiger partial charge in [-0.25, -0.2) is 4.79 Å². The first-order valence-corrected chi connectivity index (χ1v) is 6.19. The summed E-state index contributed by atoms with van der Waals surface area (Å²) in [5.41, 5.74) is 0.556. The predicted octanol–water partition coefficient (Wildman–Crippen LogP) is 3.88. The van der Waals surface area contributed by atoms with Crippen molar-refractivity contribution < 1.29 is 14.3 Å². The first-order valence-electron chi connectivity index (χ1n) is 5.44. The number of methoxy groups -OCH3 is 1. The average Bonchev–Trinajstić information content (AvgIpc) is 2.37. The number of carbonyl (C=O) groups is 1. The van der Waals surface area contributed by atoms with Crippen molar-refractivity contribution in [1.29, 1.82) is 0 Å². The van der Waals surface area contributed by atoms with Crippen LogP contribution in [0.5, 0.6) is 5.75 Å². The van der Waals surface area contributed by atoms with Gasteiger partial charge >= 0.3 is 5.97 Å². The van der Waals surface area contributed by atoms with Crippen LogP contribution < -0.4 is 4.74 Å². The van der Waals surface area contributed by atoms with Crippen LogP contribution >= 0.6 is 23.2 Å². The van der Waals surface area contributed by atoms with E-state index in [1.165, 1.54) is 7.11 Å². The van der Waals surface area contributed by atoms with Crippen molar-refractivity contribution in [3.05, 3.63) is 39.9 Å². The number of rotatable bonds is 5. The van der Waals surface area contributed by atoms with Crippen molar-refractivity contribution in [2.45, 2.75) is 13.3 Å². The Hall–Kier alpha value is -1.19. The van der Waals surface area contributed by atoms with Crippen molar-refractivity contribution in [2.24, 2.45) is 0 Å². The molecule has 18 heavy (non-hydrogen) atoms. The maximum Gasteiger partial charge on any atom is 0.333 e. The zero-order valence-corrected chi connectivity index (χ0v) is 11.7. The third-order valence-electron chi connectivity index (χ3n) is 2.30. The highest BCUT2D eigenvalue weighted by molar-refractivity contribution is 6.37. The third-order valence-corrected chi connectivity index (χ3v) is 2.90. The van der Waals surface area contributed by atoms with Crippen LogP contribution in [0.25, 0.3) is 0 Å². The molecule has 0 saturated carbocycles. The van der Waals surface area contributed by atoms with Gasteiger partial charge in [0, 0.05) is 5.57 Å². The molecule has 1 aromatic rings. The lowest BCUT2D eigenvalue weighted by Crippen LogP contribution is -2.06. The minimum absolute atomic E-state index is 0.210. The van der Waals surface area contributed by atoms with E-state index in [4.69, 9.17) is 27.9 Å². The smallest absolute Gasteiger partial charge is 0.333 e. The summed E-state index contributed by atoms with van der Waals surface area (Å²) in [6.07, 6.45) is 2.23. The second-order valence-corrected chi connectivity index (χ2v) is 4.25. The van der Waals surface area contributed by atoms with Gasteiger partial charge in [0.1, 0.15) is 6.61 Å². The van der Waals surface area contributed by atoms with Gasteiger partial charge < -0.3 is 9.47 Å². The number of esters is 1. The summed E-state index contributed by atoms with van der Waals surface area (Å²) < 4.78 is 10.1. The van der Waals surface area contributed by atoms with Gasteiger partial charge in [-0.2, -0.15) is 0 Å². The van der Waals surface area contributed by atoms with E-state index in [2.05, 4.69) is 4.74 Å². The van der Waals surface area contributed by atoms with Crippen molar-refractivity contribution in [3.63, 3.8) is 0 Å². The molecule has 0 atom stereocenters. The minimum atomic E-state index is -0.355. The molecule has 0 aromatic heterocycles. The molecule has 1 rings (SSSR count). The Kier molecular flexibility index (Phi) is 6.02.